The number of aliphatic hydroxyl groups excluding tert-OH is 2. The normalized spacial score (nSPS) is 35.9. The highest BCUT2D eigenvalue weighted by atomic mass is 16.7. The molecule has 4 amide bonds. The average molecular weight is 1070 g/mol. The minimum atomic E-state index is -1.11. The van der Waals surface area contributed by atoms with Crippen LogP contribution in [0.25, 0.3) is 0 Å². The van der Waals surface area contributed by atoms with E-state index in [4.69, 9.17) is 24.7 Å². The lowest BCUT2D eigenvalue weighted by Crippen LogP contribution is -2.62. The molecule has 426 valence electrons. The molecule has 3 fully saturated rings. The minimum absolute atomic E-state index is 0.0122. The van der Waals surface area contributed by atoms with Gasteiger partial charge in [0.25, 0.3) is 5.91 Å². The number of nitrogens with one attached hydrogen (secondary N) is 4. The summed E-state index contributed by atoms with van der Waals surface area (Å²) >= 11 is 0. The van der Waals surface area contributed by atoms with Gasteiger partial charge in [0.2, 0.25) is 17.7 Å². The van der Waals surface area contributed by atoms with Gasteiger partial charge in [-0.15, -0.1) is 0 Å². The number of hydrogen-bond acceptors (Lipinski definition) is 13. The van der Waals surface area contributed by atoms with Gasteiger partial charge in [0.15, 0.2) is 11.5 Å². The van der Waals surface area contributed by atoms with E-state index in [1.165, 1.54) is 5.01 Å². The third kappa shape index (κ3) is 16.0. The summed E-state index contributed by atoms with van der Waals surface area (Å²) in [4.78, 5) is 70.4. The van der Waals surface area contributed by atoms with E-state index in [-0.39, 0.29) is 54.6 Å². The summed E-state index contributed by atoms with van der Waals surface area (Å²) < 4.78 is 25.1. The zero-order valence-electron chi connectivity index (χ0n) is 47.2. The van der Waals surface area contributed by atoms with Gasteiger partial charge in [-0.2, -0.15) is 0 Å². The monoisotopic (exact) mass is 1070 g/mol. The smallest absolute Gasteiger partial charge is 0.325 e. The molecule has 2 bridgehead atoms. The fourth-order valence-electron chi connectivity index (χ4n) is 11.2. The summed E-state index contributed by atoms with van der Waals surface area (Å²) in [6.45, 7) is 17.6. The zero-order chi connectivity index (χ0) is 56.2. The molecule has 6 rings (SSSR count). The number of nitrogens with zero attached hydrogens (tertiary/aromatic N) is 1. The van der Waals surface area contributed by atoms with Gasteiger partial charge in [-0.3, -0.25) is 29.0 Å². The number of carbonyl (C=O) groups excluding carboxylic acids is 5. The lowest BCUT2D eigenvalue weighted by atomic mass is 9.78. The van der Waals surface area contributed by atoms with Crippen LogP contribution in [0.5, 0.6) is 0 Å². The van der Waals surface area contributed by atoms with E-state index in [9.17, 15) is 34.2 Å². The molecule has 8 N–H and O–H groups in total. The SMILES string of the molecule is CC[C@H]1C[C@H](C)[C@@]2(C=C[C@@H](C)[C@H](C[C@H](O)[C@@H](C)CC/C=C/C=C(\C)[C@@H]3C/C=C/C=C/[C@H](O)[C@H](C)[C@H]4OC(C)(OC)CC[C@H]4C(=O)N[C@@H](C(C)C)C(=O)N[C@@H](Cc4cccc(N)c4)C(=O)N4CCCC(N4)C(=O)O3)O2)NC1=O. The number of anilines is 1. The molecule has 0 radical (unpaired) electrons. The molecule has 2 unspecified atom stereocenters. The van der Waals surface area contributed by atoms with Gasteiger partial charge < -0.3 is 50.8 Å². The Labute approximate surface area is 457 Å². The molecular formula is C60H90N6O11. The topological polar surface area (TPSA) is 240 Å². The van der Waals surface area contributed by atoms with E-state index < -0.39 is 89.6 Å². The number of hydrazine groups is 1. The van der Waals surface area contributed by atoms with Crippen LogP contribution in [0, 0.1) is 41.4 Å². The van der Waals surface area contributed by atoms with Crippen molar-refractivity contribution in [1.29, 1.82) is 0 Å². The highest BCUT2D eigenvalue weighted by Crippen LogP contribution is 2.40. The third-order valence-electron chi connectivity index (χ3n) is 16.7. The van der Waals surface area contributed by atoms with Crippen molar-refractivity contribution in [1.82, 2.24) is 26.4 Å². The number of piperidine rings is 1. The van der Waals surface area contributed by atoms with Crippen molar-refractivity contribution in [2.45, 2.75) is 193 Å². The van der Waals surface area contributed by atoms with Gasteiger partial charge in [-0.05, 0) is 100.0 Å². The first-order chi connectivity index (χ1) is 36.6. The molecule has 16 atom stereocenters. The van der Waals surface area contributed by atoms with Gasteiger partial charge in [-0.1, -0.05) is 109 Å². The summed E-state index contributed by atoms with van der Waals surface area (Å²) in [7, 11) is 1.54. The maximum absolute atomic E-state index is 14.6. The number of fused-ring (bicyclic) bond motifs is 3. The second-order valence-corrected chi connectivity index (χ2v) is 23.0. The van der Waals surface area contributed by atoms with Crippen molar-refractivity contribution < 1.29 is 53.1 Å². The second kappa shape index (κ2) is 27.6. The Hall–Kier alpha value is -5.17. The molecule has 1 aromatic carbocycles. The fraction of sp³-hybridized carbons (Fsp3) is 0.650. The lowest BCUT2D eigenvalue weighted by Gasteiger charge is -2.48. The lowest BCUT2D eigenvalue weighted by molar-refractivity contribution is -0.280. The number of amides is 4. The zero-order valence-corrected chi connectivity index (χ0v) is 47.2. The number of benzene rings is 1. The van der Waals surface area contributed by atoms with Crippen LogP contribution < -0.4 is 27.1 Å². The van der Waals surface area contributed by atoms with Crippen LogP contribution in [0.2, 0.25) is 0 Å². The van der Waals surface area contributed by atoms with Crippen molar-refractivity contribution in [2.24, 2.45) is 41.4 Å². The Morgan fingerprint density at radius 1 is 1.01 bits per heavy atom. The van der Waals surface area contributed by atoms with Crippen molar-refractivity contribution in [3.05, 3.63) is 90.1 Å². The number of esters is 1. The first kappa shape index (κ1) is 61.0. The molecular weight excluding hydrogens is 981 g/mol. The minimum Gasteiger partial charge on any atom is -0.456 e. The van der Waals surface area contributed by atoms with Gasteiger partial charge in [0.1, 0.15) is 24.2 Å². The number of rotatable bonds is 13. The predicted octanol–water partition coefficient (Wildman–Crippen LogP) is 6.65. The molecule has 1 spiro atoms. The standard InChI is InChI=1S/C60H90N6O11/c1-11-43-32-40(7)60(64-54(43)69)30-27-39(6)51(76-60)35-49(68)37(4)20-14-12-15-21-38(5)50-26-17-13-16-25-48(67)41(8)53-45(28-29-59(9,74-10)77-53)55(70)63-52(36(2)3)56(71)62-47(34-42-22-18-23-44(61)33-42)57(72)66-31-19-24-46(65-66)58(73)75-50/h12-13,15-18,21-23,25,27,30,33,36-37,39-41,43,45-53,65,67-68H,11,14,19-20,24,26,28-29,31-32,34-35,61H2,1-10H3,(H,62,71)(H,63,70)(H,64,69)/b15-12+,17-13+,25-16+,38-21+/t37-,39+,40-,41-,43-,45+,46?,47-,48-,49-,50-,51-,52-,53+,59?,60-/m0/s1. The van der Waals surface area contributed by atoms with Crippen LogP contribution in [0.3, 0.4) is 0 Å². The van der Waals surface area contributed by atoms with Crippen LogP contribution in [-0.4, -0.2) is 119 Å². The number of nitrogen functional groups attached to an aromatic ring is 1. The number of carbonyl (C=O) groups is 5. The number of hydrogen-bond donors (Lipinski definition) is 7. The van der Waals surface area contributed by atoms with Crippen molar-refractivity contribution >= 4 is 35.3 Å². The molecule has 5 heterocycles. The van der Waals surface area contributed by atoms with E-state index in [0.29, 0.717) is 62.6 Å². The molecule has 5 aliphatic heterocycles. The van der Waals surface area contributed by atoms with Gasteiger partial charge in [-0.25, -0.2) is 5.43 Å². The predicted molar refractivity (Wildman–Crippen MR) is 296 cm³/mol. The molecule has 1 aromatic rings. The average Bonchev–Trinajstić information content (AvgIpc) is 3.40. The Kier molecular flexibility index (Phi) is 21.9. The summed E-state index contributed by atoms with van der Waals surface area (Å²) in [6.07, 6.45) is 18.9. The summed E-state index contributed by atoms with van der Waals surface area (Å²) in [6, 6.07) is 4.05. The number of nitrogens with two attached hydrogens (primary N) is 1. The van der Waals surface area contributed by atoms with Crippen LogP contribution >= 0.6 is 0 Å². The van der Waals surface area contributed by atoms with E-state index in [1.807, 2.05) is 78.0 Å². The number of allylic oxidation sites excluding steroid dienone is 5. The Morgan fingerprint density at radius 2 is 1.78 bits per heavy atom. The van der Waals surface area contributed by atoms with Crippen molar-refractivity contribution in [2.75, 3.05) is 19.4 Å². The highest BCUT2D eigenvalue weighted by molar-refractivity contribution is 5.93. The van der Waals surface area contributed by atoms with Crippen LogP contribution in [-0.2, 0) is 49.3 Å². The largest absolute Gasteiger partial charge is 0.456 e. The first-order valence-electron chi connectivity index (χ1n) is 28.3. The van der Waals surface area contributed by atoms with Gasteiger partial charge in [0.05, 0.1) is 30.3 Å². The molecule has 77 heavy (non-hydrogen) atoms. The Bertz CT molecular complexity index is 2350. The van der Waals surface area contributed by atoms with Crippen molar-refractivity contribution in [3.8, 4) is 0 Å². The number of cyclic esters (lactones) is 1. The third-order valence-corrected chi connectivity index (χ3v) is 16.7. The molecule has 5 aliphatic rings. The van der Waals surface area contributed by atoms with Crippen LogP contribution in [0.15, 0.2) is 84.5 Å². The molecule has 0 aliphatic carbocycles. The quantitative estimate of drug-likeness (QED) is 0.0474. The van der Waals surface area contributed by atoms with E-state index >= 15 is 0 Å². The number of methoxy groups -OCH3 is 1. The van der Waals surface area contributed by atoms with Gasteiger partial charge in [0, 0.05) is 68.7 Å². The van der Waals surface area contributed by atoms with Crippen molar-refractivity contribution in [3.63, 3.8) is 0 Å². The highest BCUT2D eigenvalue weighted by Gasteiger charge is 2.49. The molecule has 0 aromatic heterocycles. The molecule has 17 heteroatoms. The Morgan fingerprint density at radius 3 is 2.49 bits per heavy atom. The number of ether oxygens (including phenoxy) is 4. The van der Waals surface area contributed by atoms with E-state index in [2.05, 4.69) is 41.3 Å². The van der Waals surface area contributed by atoms with E-state index in [0.717, 1.165) is 18.4 Å². The Balaban J connectivity index is 1.19. The molecule has 3 saturated heterocycles. The van der Waals surface area contributed by atoms with E-state index in [1.54, 1.807) is 50.5 Å². The maximum atomic E-state index is 14.6. The summed E-state index contributed by atoms with van der Waals surface area (Å²) in [5.74, 6) is -4.59. The second-order valence-electron chi connectivity index (χ2n) is 23.0. The maximum Gasteiger partial charge on any atom is 0.325 e. The molecule has 0 saturated carbocycles. The van der Waals surface area contributed by atoms with Gasteiger partial charge >= 0.3 is 5.97 Å². The fourth-order valence-corrected chi connectivity index (χ4v) is 11.2. The number of aliphatic hydroxyl groups is 2. The van der Waals surface area contributed by atoms with Crippen LogP contribution in [0.1, 0.15) is 132 Å². The van der Waals surface area contributed by atoms with Crippen LogP contribution in [0.4, 0.5) is 5.69 Å². The first-order valence-corrected chi connectivity index (χ1v) is 28.3. The summed E-state index contributed by atoms with van der Waals surface area (Å²) in [5.41, 5.74) is 10.4. The molecule has 17 nitrogen and oxygen atoms in total. The summed E-state index contributed by atoms with van der Waals surface area (Å²) in [5, 5.41) is 33.4.